The molecule has 2 N–H and O–H groups in total. The summed E-state index contributed by atoms with van der Waals surface area (Å²) < 4.78 is 0. The van der Waals surface area contributed by atoms with E-state index in [0.29, 0.717) is 12.4 Å². The van der Waals surface area contributed by atoms with Crippen LogP contribution in [0.15, 0.2) is 36.7 Å². The van der Waals surface area contributed by atoms with Crippen LogP contribution in [-0.2, 0) is 6.54 Å². The Balaban J connectivity index is 2.42. The molecule has 0 saturated heterocycles. The van der Waals surface area contributed by atoms with Gasteiger partial charge in [-0.2, -0.15) is 0 Å². The van der Waals surface area contributed by atoms with Crippen molar-refractivity contribution in [3.05, 3.63) is 42.5 Å². The molecule has 0 unspecified atom stereocenters. The Labute approximate surface area is 81.9 Å². The lowest BCUT2D eigenvalue weighted by atomic mass is 10.2. The van der Waals surface area contributed by atoms with Crippen LogP contribution in [0.1, 0.15) is 5.82 Å². The SMILES string of the molecule is NCc1nccc(-c2ccccn2)n1. The second kappa shape index (κ2) is 3.93. The first kappa shape index (κ1) is 8.77. The molecule has 2 aromatic rings. The zero-order valence-electron chi connectivity index (χ0n) is 7.59. The molecule has 0 aliphatic heterocycles. The van der Waals surface area contributed by atoms with E-state index in [4.69, 9.17) is 5.73 Å². The number of nitrogens with zero attached hydrogens (tertiary/aromatic N) is 3. The average Bonchev–Trinajstić information content (AvgIpc) is 2.30. The van der Waals surface area contributed by atoms with E-state index >= 15 is 0 Å². The first-order chi connectivity index (χ1) is 6.90. The number of rotatable bonds is 2. The van der Waals surface area contributed by atoms with Gasteiger partial charge < -0.3 is 5.73 Å². The van der Waals surface area contributed by atoms with E-state index in [9.17, 15) is 0 Å². The van der Waals surface area contributed by atoms with Crippen molar-refractivity contribution in [2.45, 2.75) is 6.54 Å². The van der Waals surface area contributed by atoms with E-state index in [1.165, 1.54) is 0 Å². The highest BCUT2D eigenvalue weighted by molar-refractivity contribution is 5.52. The minimum Gasteiger partial charge on any atom is -0.324 e. The third kappa shape index (κ3) is 1.75. The molecule has 0 radical (unpaired) electrons. The first-order valence-corrected chi connectivity index (χ1v) is 4.33. The molecule has 2 aromatic heterocycles. The molecule has 4 heteroatoms. The van der Waals surface area contributed by atoms with Crippen molar-refractivity contribution < 1.29 is 0 Å². The van der Waals surface area contributed by atoms with Gasteiger partial charge in [0.2, 0.25) is 0 Å². The minimum atomic E-state index is 0.348. The zero-order chi connectivity index (χ0) is 9.80. The number of aromatic nitrogens is 3. The molecule has 70 valence electrons. The molecule has 0 bridgehead atoms. The molecule has 0 aliphatic rings. The van der Waals surface area contributed by atoms with E-state index in [-0.39, 0.29) is 0 Å². The molecular weight excluding hydrogens is 176 g/mol. The highest BCUT2D eigenvalue weighted by atomic mass is 14.9. The minimum absolute atomic E-state index is 0.348. The highest BCUT2D eigenvalue weighted by Crippen LogP contribution is 2.11. The van der Waals surface area contributed by atoms with Crippen LogP contribution in [0.4, 0.5) is 0 Å². The molecule has 2 heterocycles. The molecule has 14 heavy (non-hydrogen) atoms. The summed E-state index contributed by atoms with van der Waals surface area (Å²) in [7, 11) is 0. The fourth-order valence-corrected chi connectivity index (χ4v) is 1.15. The summed E-state index contributed by atoms with van der Waals surface area (Å²) in [5.41, 5.74) is 7.10. The Morgan fingerprint density at radius 1 is 1.00 bits per heavy atom. The van der Waals surface area contributed by atoms with E-state index in [1.54, 1.807) is 12.4 Å². The quantitative estimate of drug-likeness (QED) is 0.759. The van der Waals surface area contributed by atoms with Crippen molar-refractivity contribution in [2.75, 3.05) is 0 Å². The maximum atomic E-state index is 5.45. The van der Waals surface area contributed by atoms with Crippen molar-refractivity contribution in [2.24, 2.45) is 5.73 Å². The highest BCUT2D eigenvalue weighted by Gasteiger charge is 2.00. The number of nitrogens with two attached hydrogens (primary N) is 1. The lowest BCUT2D eigenvalue weighted by Crippen LogP contribution is -2.03. The van der Waals surface area contributed by atoms with Gasteiger partial charge in [-0.25, -0.2) is 9.97 Å². The van der Waals surface area contributed by atoms with Gasteiger partial charge in [0.1, 0.15) is 5.82 Å². The maximum Gasteiger partial charge on any atom is 0.142 e. The molecule has 0 fully saturated rings. The smallest absolute Gasteiger partial charge is 0.142 e. The zero-order valence-corrected chi connectivity index (χ0v) is 7.59. The standard InChI is InChI=1S/C10H10N4/c11-7-10-13-6-4-9(14-10)8-3-1-2-5-12-8/h1-6H,7,11H2. The van der Waals surface area contributed by atoms with E-state index in [1.807, 2.05) is 24.3 Å². The molecule has 0 aromatic carbocycles. The third-order valence-corrected chi connectivity index (χ3v) is 1.82. The summed E-state index contributed by atoms with van der Waals surface area (Å²) in [6.45, 7) is 0.348. The van der Waals surface area contributed by atoms with Gasteiger partial charge in [-0.05, 0) is 18.2 Å². The van der Waals surface area contributed by atoms with E-state index < -0.39 is 0 Å². The molecule has 2 rings (SSSR count). The van der Waals surface area contributed by atoms with Crippen molar-refractivity contribution in [1.82, 2.24) is 15.0 Å². The molecule has 0 atom stereocenters. The molecule has 0 amide bonds. The Bertz CT molecular complexity index is 413. The molecule has 0 spiro atoms. The Morgan fingerprint density at radius 3 is 2.64 bits per heavy atom. The van der Waals surface area contributed by atoms with Crippen molar-refractivity contribution in [3.8, 4) is 11.4 Å². The predicted molar refractivity (Wildman–Crippen MR) is 53.2 cm³/mol. The van der Waals surface area contributed by atoms with E-state index in [0.717, 1.165) is 11.4 Å². The fourth-order valence-electron chi connectivity index (χ4n) is 1.15. The second-order valence-electron chi connectivity index (χ2n) is 2.78. The van der Waals surface area contributed by atoms with Crippen molar-refractivity contribution in [3.63, 3.8) is 0 Å². The monoisotopic (exact) mass is 186 g/mol. The first-order valence-electron chi connectivity index (χ1n) is 4.33. The van der Waals surface area contributed by atoms with Crippen LogP contribution in [0.25, 0.3) is 11.4 Å². The summed E-state index contributed by atoms with van der Waals surface area (Å²) in [5, 5.41) is 0. The molecule has 0 aliphatic carbocycles. The lowest BCUT2D eigenvalue weighted by Gasteiger charge is -2.00. The molecule has 4 nitrogen and oxygen atoms in total. The Kier molecular flexibility index (Phi) is 2.46. The van der Waals surface area contributed by atoms with Crippen LogP contribution in [0.3, 0.4) is 0 Å². The van der Waals surface area contributed by atoms with Gasteiger partial charge in [-0.3, -0.25) is 4.98 Å². The van der Waals surface area contributed by atoms with Crippen LogP contribution in [0.2, 0.25) is 0 Å². The van der Waals surface area contributed by atoms with Gasteiger partial charge >= 0.3 is 0 Å². The molecule has 0 saturated carbocycles. The summed E-state index contributed by atoms with van der Waals surface area (Å²) in [6.07, 6.45) is 3.43. The number of hydrogen-bond acceptors (Lipinski definition) is 4. The maximum absolute atomic E-state index is 5.45. The predicted octanol–water partition coefficient (Wildman–Crippen LogP) is 0.997. The van der Waals surface area contributed by atoms with Gasteiger partial charge in [-0.15, -0.1) is 0 Å². The topological polar surface area (TPSA) is 64.7 Å². The van der Waals surface area contributed by atoms with Gasteiger partial charge in [-0.1, -0.05) is 6.07 Å². The van der Waals surface area contributed by atoms with Crippen LogP contribution in [-0.4, -0.2) is 15.0 Å². The van der Waals surface area contributed by atoms with Gasteiger partial charge in [0.05, 0.1) is 17.9 Å². The van der Waals surface area contributed by atoms with Crippen molar-refractivity contribution >= 4 is 0 Å². The Hall–Kier alpha value is -1.81. The fraction of sp³-hybridized carbons (Fsp3) is 0.100. The van der Waals surface area contributed by atoms with Crippen LogP contribution in [0.5, 0.6) is 0 Å². The largest absolute Gasteiger partial charge is 0.324 e. The summed E-state index contributed by atoms with van der Waals surface area (Å²) in [6, 6.07) is 7.52. The van der Waals surface area contributed by atoms with Crippen LogP contribution >= 0.6 is 0 Å². The average molecular weight is 186 g/mol. The van der Waals surface area contributed by atoms with Crippen molar-refractivity contribution in [1.29, 1.82) is 0 Å². The van der Waals surface area contributed by atoms with Crippen LogP contribution < -0.4 is 5.73 Å². The van der Waals surface area contributed by atoms with Gasteiger partial charge in [0.15, 0.2) is 0 Å². The number of pyridine rings is 1. The normalized spacial score (nSPS) is 10.1. The van der Waals surface area contributed by atoms with Gasteiger partial charge in [0, 0.05) is 12.4 Å². The number of hydrogen-bond donors (Lipinski definition) is 1. The summed E-state index contributed by atoms with van der Waals surface area (Å²) in [4.78, 5) is 12.5. The van der Waals surface area contributed by atoms with Crippen LogP contribution in [0, 0.1) is 0 Å². The summed E-state index contributed by atoms with van der Waals surface area (Å²) in [5.74, 6) is 0.633. The summed E-state index contributed by atoms with van der Waals surface area (Å²) >= 11 is 0. The van der Waals surface area contributed by atoms with E-state index in [2.05, 4.69) is 15.0 Å². The third-order valence-electron chi connectivity index (χ3n) is 1.82. The second-order valence-corrected chi connectivity index (χ2v) is 2.78. The molecular formula is C10H10N4. The lowest BCUT2D eigenvalue weighted by molar-refractivity contribution is 0.910. The Morgan fingerprint density at radius 2 is 1.93 bits per heavy atom. The van der Waals surface area contributed by atoms with Gasteiger partial charge in [0.25, 0.3) is 0 Å².